The van der Waals surface area contributed by atoms with Gasteiger partial charge in [-0.1, -0.05) is 0 Å². The predicted octanol–water partition coefficient (Wildman–Crippen LogP) is -10.9. The number of aromatic amines is 1. The van der Waals surface area contributed by atoms with Crippen LogP contribution in [0.5, 0.6) is 0 Å². The second-order valence-corrected chi connectivity index (χ2v) is 11.2. The number of phosphoric acid groups is 2. The van der Waals surface area contributed by atoms with E-state index in [4.69, 9.17) is 9.47 Å². The Bertz CT molecular complexity index is 1220. The maximum atomic E-state index is 12.3. The van der Waals surface area contributed by atoms with Crippen molar-refractivity contribution in [2.24, 2.45) is 0 Å². The average Bonchev–Trinajstić information content (AvgIpc) is 3.07. The van der Waals surface area contributed by atoms with E-state index in [9.17, 15) is 53.7 Å². The Kier molecular flexibility index (Phi) is 15.1. The zero-order valence-corrected chi connectivity index (χ0v) is 27.2. The Morgan fingerprint density at radius 1 is 1.15 bits per heavy atom. The van der Waals surface area contributed by atoms with E-state index in [0.717, 1.165) is 19.2 Å². The zero-order valence-electron chi connectivity index (χ0n) is 21.4. The van der Waals surface area contributed by atoms with Crippen LogP contribution in [0.1, 0.15) is 19.6 Å². The van der Waals surface area contributed by atoms with Gasteiger partial charge in [0.2, 0.25) is 5.91 Å². The minimum absolute atomic E-state index is 0. The molecule has 1 amide bonds. The topological polar surface area (TPSA) is 291 Å². The van der Waals surface area contributed by atoms with Crippen molar-refractivity contribution in [3.05, 3.63) is 33.1 Å². The average molecular weight is 635 g/mol. The molecule has 2 aliphatic heterocycles. The first-order valence-corrected chi connectivity index (χ1v) is 13.8. The minimum atomic E-state index is -5.80. The Labute approximate surface area is 269 Å². The van der Waals surface area contributed by atoms with E-state index in [2.05, 4.69) is 18.7 Å². The molecule has 0 radical (unpaired) electrons. The third-order valence-electron chi connectivity index (χ3n) is 5.42. The van der Waals surface area contributed by atoms with Gasteiger partial charge in [-0.15, -0.1) is 0 Å². The summed E-state index contributed by atoms with van der Waals surface area (Å²) in [5.41, 5.74) is -1.76. The SMILES string of the molecule is CC(=O)N[C@@H]1C[C@H](O)[C@@H](CO)O[C@@H]1OP(=O)([O-])OP(=O)([O-])OC[C@H]1O[C@@H](n2ccc(=O)[nH]c2=O)[C@H](O)[C@@H]1O.[Na+].[Na+]. The van der Waals surface area contributed by atoms with Crippen molar-refractivity contribution >= 4 is 21.6 Å². The van der Waals surface area contributed by atoms with Crippen LogP contribution in [0.3, 0.4) is 0 Å². The van der Waals surface area contributed by atoms with Crippen LogP contribution in [0.15, 0.2) is 21.9 Å². The number of aromatic nitrogens is 2. The van der Waals surface area contributed by atoms with Gasteiger partial charge in [0.05, 0.1) is 25.4 Å². The van der Waals surface area contributed by atoms with Gasteiger partial charge >= 0.3 is 64.8 Å². The molecule has 2 aliphatic rings. The van der Waals surface area contributed by atoms with Crippen LogP contribution in [0, 0.1) is 0 Å². The Morgan fingerprint density at radius 3 is 2.38 bits per heavy atom. The number of aliphatic hydroxyl groups excluding tert-OH is 4. The molecule has 10 atom stereocenters. The zero-order chi connectivity index (χ0) is 28.4. The third-order valence-corrected chi connectivity index (χ3v) is 7.95. The van der Waals surface area contributed by atoms with Gasteiger partial charge in [-0.2, -0.15) is 0 Å². The normalized spacial score (nSPS) is 33.1. The van der Waals surface area contributed by atoms with E-state index < -0.39 is 95.1 Å². The number of rotatable bonds is 10. The van der Waals surface area contributed by atoms with Crippen LogP contribution >= 0.6 is 15.6 Å². The van der Waals surface area contributed by atoms with Gasteiger partial charge in [0, 0.05) is 25.6 Å². The van der Waals surface area contributed by atoms with Gasteiger partial charge in [-0.3, -0.25) is 32.8 Å². The smallest absolute Gasteiger partial charge is 0.756 e. The van der Waals surface area contributed by atoms with Crippen LogP contribution in [-0.2, 0) is 36.8 Å². The van der Waals surface area contributed by atoms with Gasteiger partial charge in [0.25, 0.3) is 21.2 Å². The molecule has 23 heteroatoms. The quantitative estimate of drug-likeness (QED) is 0.103. The number of amides is 1. The fourth-order valence-corrected chi connectivity index (χ4v) is 5.82. The number of phosphoric ester groups is 2. The molecular formula is C17H25N3Na2O16P2. The van der Waals surface area contributed by atoms with E-state index in [1.54, 1.807) is 0 Å². The standard InChI is InChI=1S/C17H27N3O16P2.2Na/c1-7(22)18-8-4-9(23)10(5-21)34-16(8)35-38(30,31)36-37(28,29)32-6-11-13(25)14(26)15(33-11)20-3-2-12(24)19-17(20)27;;/h2-3,8-11,13-16,21,23,25-26H,4-6H2,1H3,(H,18,22)(H,28,29)(H,30,31)(H,19,24,27);;/q;2*+1/p-2/t8-,9+,10-,11-,13-,14-,15-,16-;;/m1../s1. The van der Waals surface area contributed by atoms with E-state index in [1.807, 2.05) is 4.98 Å². The van der Waals surface area contributed by atoms with Gasteiger partial charge in [-0.25, -0.2) is 9.11 Å². The first kappa shape index (κ1) is 38.2. The van der Waals surface area contributed by atoms with Crippen molar-refractivity contribution in [2.75, 3.05) is 13.2 Å². The predicted molar refractivity (Wildman–Crippen MR) is 115 cm³/mol. The number of hydrogen-bond acceptors (Lipinski definition) is 16. The van der Waals surface area contributed by atoms with Crippen molar-refractivity contribution in [3.63, 3.8) is 0 Å². The van der Waals surface area contributed by atoms with Gasteiger partial charge in [-0.05, 0) is 0 Å². The number of nitrogens with zero attached hydrogens (tertiary/aromatic N) is 1. The number of ether oxygens (including phenoxy) is 2. The number of aliphatic hydroxyl groups is 4. The van der Waals surface area contributed by atoms with Crippen LogP contribution in [-0.4, -0.2) is 91.9 Å². The molecule has 2 saturated heterocycles. The van der Waals surface area contributed by atoms with E-state index in [1.165, 1.54) is 0 Å². The second-order valence-electron chi connectivity index (χ2n) is 8.28. The van der Waals surface area contributed by atoms with Crippen LogP contribution in [0.4, 0.5) is 0 Å². The van der Waals surface area contributed by atoms with Gasteiger partial charge in [0.1, 0.15) is 24.4 Å². The van der Waals surface area contributed by atoms with E-state index in [0.29, 0.717) is 4.57 Å². The van der Waals surface area contributed by atoms with Crippen molar-refractivity contribution < 1.29 is 126 Å². The molecule has 216 valence electrons. The molecule has 0 aliphatic carbocycles. The molecule has 3 heterocycles. The van der Waals surface area contributed by atoms with Crippen LogP contribution in [0.25, 0.3) is 0 Å². The van der Waals surface area contributed by atoms with Crippen molar-refractivity contribution in [3.8, 4) is 0 Å². The van der Waals surface area contributed by atoms with Crippen LogP contribution in [0.2, 0.25) is 0 Å². The molecular weight excluding hydrogens is 610 g/mol. The van der Waals surface area contributed by atoms with Gasteiger partial charge < -0.3 is 49.5 Å². The van der Waals surface area contributed by atoms with Crippen molar-refractivity contribution in [2.45, 2.75) is 62.4 Å². The molecule has 6 N–H and O–H groups in total. The number of carbonyl (C=O) groups is 1. The fourth-order valence-electron chi connectivity index (χ4n) is 3.71. The number of nitrogens with one attached hydrogen (secondary N) is 2. The molecule has 19 nitrogen and oxygen atoms in total. The molecule has 0 bridgehead atoms. The molecule has 0 spiro atoms. The monoisotopic (exact) mass is 635 g/mol. The van der Waals surface area contributed by atoms with Crippen LogP contribution < -0.4 is 85.5 Å². The maximum absolute atomic E-state index is 12.3. The second kappa shape index (κ2) is 15.8. The summed E-state index contributed by atoms with van der Waals surface area (Å²) in [6.45, 7) is -0.771. The molecule has 1 aromatic rings. The summed E-state index contributed by atoms with van der Waals surface area (Å²) in [6.07, 6.45) is -10.7. The molecule has 40 heavy (non-hydrogen) atoms. The first-order chi connectivity index (χ1) is 17.6. The molecule has 0 saturated carbocycles. The molecule has 1 aromatic heterocycles. The largest absolute Gasteiger partial charge is 1.00 e. The van der Waals surface area contributed by atoms with E-state index >= 15 is 0 Å². The summed E-state index contributed by atoms with van der Waals surface area (Å²) < 4.78 is 48.5. The molecule has 0 aromatic carbocycles. The molecule has 2 unspecified atom stereocenters. The Balaban J connectivity index is 0.00000400. The number of carbonyl (C=O) groups excluding carboxylic acids is 1. The van der Waals surface area contributed by atoms with Crippen molar-refractivity contribution in [1.29, 1.82) is 0 Å². The summed E-state index contributed by atoms with van der Waals surface area (Å²) in [4.78, 5) is 60.8. The van der Waals surface area contributed by atoms with Gasteiger partial charge in [0.15, 0.2) is 12.5 Å². The minimum Gasteiger partial charge on any atom is -0.756 e. The fraction of sp³-hybridized carbons (Fsp3) is 0.706. The summed E-state index contributed by atoms with van der Waals surface area (Å²) >= 11 is 0. The Hall–Kier alpha value is 0.170. The summed E-state index contributed by atoms with van der Waals surface area (Å²) in [7, 11) is -11.6. The summed E-state index contributed by atoms with van der Waals surface area (Å²) in [5.74, 6) is -0.666. The number of H-pyrrole nitrogens is 1. The number of hydrogen-bond donors (Lipinski definition) is 6. The van der Waals surface area contributed by atoms with Crippen molar-refractivity contribution in [1.82, 2.24) is 14.9 Å². The van der Waals surface area contributed by atoms with E-state index in [-0.39, 0.29) is 65.5 Å². The molecule has 2 fully saturated rings. The summed E-state index contributed by atoms with van der Waals surface area (Å²) in [5, 5.41) is 41.7. The third kappa shape index (κ3) is 10.1. The summed E-state index contributed by atoms with van der Waals surface area (Å²) in [6, 6.07) is -0.352. The Morgan fingerprint density at radius 2 is 1.80 bits per heavy atom. The first-order valence-electron chi connectivity index (χ1n) is 10.8. The maximum Gasteiger partial charge on any atom is 1.00 e. The molecule has 3 rings (SSSR count).